The highest BCUT2D eigenvalue weighted by Crippen LogP contribution is 2.16. The molecule has 0 radical (unpaired) electrons. The summed E-state index contributed by atoms with van der Waals surface area (Å²) >= 11 is 0. The Bertz CT molecular complexity index is 686. The summed E-state index contributed by atoms with van der Waals surface area (Å²) in [5.41, 5.74) is 5.77. The molecule has 0 atom stereocenters. The molecule has 21 heavy (non-hydrogen) atoms. The minimum absolute atomic E-state index is 0.0559. The van der Waals surface area contributed by atoms with Crippen LogP contribution in [0.1, 0.15) is 5.56 Å². The standard InChI is InChI=1S/C14H12F2N4O/c15-9-2-4-10(5-3-9)19-14(21)20-12-6-1-8(13(17)18)7-11(12)16/h1-7H,(H3,17,18)(H2,19,20,21). The molecule has 7 heteroatoms. The molecule has 0 aliphatic carbocycles. The van der Waals surface area contributed by atoms with Crippen LogP contribution in [0, 0.1) is 17.0 Å². The van der Waals surface area contributed by atoms with E-state index in [1.165, 1.54) is 36.4 Å². The summed E-state index contributed by atoms with van der Waals surface area (Å²) in [4.78, 5) is 11.7. The van der Waals surface area contributed by atoms with Crippen molar-refractivity contribution in [2.75, 3.05) is 10.6 Å². The van der Waals surface area contributed by atoms with E-state index >= 15 is 0 Å². The lowest BCUT2D eigenvalue weighted by molar-refractivity contribution is 0.262. The molecule has 2 aromatic carbocycles. The van der Waals surface area contributed by atoms with Gasteiger partial charge in [-0.25, -0.2) is 13.6 Å². The van der Waals surface area contributed by atoms with E-state index in [-0.39, 0.29) is 17.1 Å². The molecule has 0 aromatic heterocycles. The Morgan fingerprint density at radius 1 is 1.05 bits per heavy atom. The Morgan fingerprint density at radius 3 is 2.29 bits per heavy atom. The highest BCUT2D eigenvalue weighted by molar-refractivity contribution is 6.00. The first-order chi connectivity index (χ1) is 9.95. The molecule has 2 rings (SSSR count). The molecular weight excluding hydrogens is 278 g/mol. The molecular formula is C14H12F2N4O. The number of hydrogen-bond donors (Lipinski definition) is 4. The van der Waals surface area contributed by atoms with Gasteiger partial charge < -0.3 is 16.4 Å². The van der Waals surface area contributed by atoms with Crippen molar-refractivity contribution >= 4 is 23.2 Å². The summed E-state index contributed by atoms with van der Waals surface area (Å²) in [5.74, 6) is -1.40. The van der Waals surface area contributed by atoms with Crippen molar-refractivity contribution in [1.29, 1.82) is 5.41 Å². The topological polar surface area (TPSA) is 91.0 Å². The second-order valence-corrected chi connectivity index (χ2v) is 4.19. The van der Waals surface area contributed by atoms with Gasteiger partial charge in [-0.1, -0.05) is 0 Å². The van der Waals surface area contributed by atoms with Crippen LogP contribution in [0.4, 0.5) is 25.0 Å². The molecule has 0 saturated heterocycles. The average molecular weight is 290 g/mol. The van der Waals surface area contributed by atoms with E-state index in [0.717, 1.165) is 6.07 Å². The molecule has 108 valence electrons. The number of amides is 2. The number of amidine groups is 1. The number of urea groups is 1. The van der Waals surface area contributed by atoms with Crippen LogP contribution in [-0.4, -0.2) is 11.9 Å². The van der Waals surface area contributed by atoms with Crippen LogP contribution in [0.3, 0.4) is 0 Å². The van der Waals surface area contributed by atoms with Gasteiger partial charge in [0.05, 0.1) is 5.69 Å². The number of carbonyl (C=O) groups excluding carboxylic acids is 1. The fourth-order valence-electron chi connectivity index (χ4n) is 1.60. The van der Waals surface area contributed by atoms with Gasteiger partial charge in [-0.2, -0.15) is 0 Å². The fraction of sp³-hybridized carbons (Fsp3) is 0. The minimum atomic E-state index is -0.711. The minimum Gasteiger partial charge on any atom is -0.384 e. The maximum absolute atomic E-state index is 13.7. The van der Waals surface area contributed by atoms with Crippen molar-refractivity contribution in [2.45, 2.75) is 0 Å². The Hall–Kier alpha value is -2.96. The van der Waals surface area contributed by atoms with Crippen molar-refractivity contribution in [1.82, 2.24) is 0 Å². The zero-order chi connectivity index (χ0) is 15.4. The number of halogens is 2. The summed E-state index contributed by atoms with van der Waals surface area (Å²) in [6, 6.07) is 8.24. The summed E-state index contributed by atoms with van der Waals surface area (Å²) in [7, 11) is 0. The zero-order valence-corrected chi connectivity index (χ0v) is 10.8. The molecule has 0 heterocycles. The third-order valence-electron chi connectivity index (χ3n) is 2.63. The Kier molecular flexibility index (Phi) is 4.13. The van der Waals surface area contributed by atoms with Crippen molar-refractivity contribution in [2.24, 2.45) is 5.73 Å². The first kappa shape index (κ1) is 14.4. The first-order valence-corrected chi connectivity index (χ1v) is 5.93. The van der Waals surface area contributed by atoms with E-state index < -0.39 is 17.7 Å². The van der Waals surface area contributed by atoms with Gasteiger partial charge in [0.25, 0.3) is 0 Å². The third kappa shape index (κ3) is 3.75. The number of carbonyl (C=O) groups is 1. The molecule has 0 unspecified atom stereocenters. The van der Waals surface area contributed by atoms with E-state index in [9.17, 15) is 13.6 Å². The first-order valence-electron chi connectivity index (χ1n) is 5.93. The Morgan fingerprint density at radius 2 is 1.71 bits per heavy atom. The largest absolute Gasteiger partial charge is 0.384 e. The summed E-state index contributed by atoms with van der Waals surface area (Å²) in [5, 5.41) is 11.9. The van der Waals surface area contributed by atoms with E-state index in [2.05, 4.69) is 10.6 Å². The van der Waals surface area contributed by atoms with Crippen LogP contribution in [0.5, 0.6) is 0 Å². The maximum Gasteiger partial charge on any atom is 0.323 e. The number of anilines is 2. The van der Waals surface area contributed by atoms with Crippen LogP contribution < -0.4 is 16.4 Å². The predicted octanol–water partition coefficient (Wildman–Crippen LogP) is 2.89. The quantitative estimate of drug-likeness (QED) is 0.517. The number of benzene rings is 2. The molecule has 0 saturated carbocycles. The SMILES string of the molecule is N=C(N)c1ccc(NC(=O)Nc2ccc(F)cc2)c(F)c1. The summed E-state index contributed by atoms with van der Waals surface area (Å²) in [6.07, 6.45) is 0. The molecule has 2 aromatic rings. The van der Waals surface area contributed by atoms with Crippen molar-refractivity contribution in [3.63, 3.8) is 0 Å². The van der Waals surface area contributed by atoms with Gasteiger partial charge in [0.2, 0.25) is 0 Å². The lowest BCUT2D eigenvalue weighted by atomic mass is 10.2. The van der Waals surface area contributed by atoms with Gasteiger partial charge in [0, 0.05) is 11.3 Å². The lowest BCUT2D eigenvalue weighted by Crippen LogP contribution is -2.20. The fourth-order valence-corrected chi connectivity index (χ4v) is 1.60. The van der Waals surface area contributed by atoms with Crippen LogP contribution in [0.15, 0.2) is 42.5 Å². The van der Waals surface area contributed by atoms with Gasteiger partial charge >= 0.3 is 6.03 Å². The summed E-state index contributed by atoms with van der Waals surface area (Å²) in [6.45, 7) is 0. The smallest absolute Gasteiger partial charge is 0.323 e. The molecule has 2 amide bonds. The molecule has 0 aliphatic heterocycles. The maximum atomic E-state index is 13.7. The van der Waals surface area contributed by atoms with E-state index in [1.54, 1.807) is 0 Å². The van der Waals surface area contributed by atoms with Crippen molar-refractivity contribution in [3.05, 3.63) is 59.7 Å². The van der Waals surface area contributed by atoms with Crippen LogP contribution in [-0.2, 0) is 0 Å². The van der Waals surface area contributed by atoms with Crippen molar-refractivity contribution in [3.8, 4) is 0 Å². The Balaban J connectivity index is 2.06. The number of nitrogen functional groups attached to an aromatic ring is 1. The number of nitrogens with one attached hydrogen (secondary N) is 3. The zero-order valence-electron chi connectivity index (χ0n) is 10.8. The third-order valence-corrected chi connectivity index (χ3v) is 2.63. The lowest BCUT2D eigenvalue weighted by Gasteiger charge is -2.09. The molecule has 5 nitrogen and oxygen atoms in total. The molecule has 0 aliphatic rings. The number of nitrogens with two attached hydrogens (primary N) is 1. The summed E-state index contributed by atoms with van der Waals surface area (Å²) < 4.78 is 26.4. The molecule has 5 N–H and O–H groups in total. The second kappa shape index (κ2) is 6.00. The molecule has 0 bridgehead atoms. The molecule has 0 fully saturated rings. The predicted molar refractivity (Wildman–Crippen MR) is 76.5 cm³/mol. The van der Waals surface area contributed by atoms with Crippen LogP contribution >= 0.6 is 0 Å². The highest BCUT2D eigenvalue weighted by Gasteiger charge is 2.09. The van der Waals surface area contributed by atoms with E-state index in [4.69, 9.17) is 11.1 Å². The van der Waals surface area contributed by atoms with Crippen molar-refractivity contribution < 1.29 is 13.6 Å². The Labute approximate surface area is 119 Å². The average Bonchev–Trinajstić information content (AvgIpc) is 2.43. The normalized spacial score (nSPS) is 10.0. The van der Waals surface area contributed by atoms with Crippen LogP contribution in [0.25, 0.3) is 0 Å². The second-order valence-electron chi connectivity index (χ2n) is 4.19. The van der Waals surface area contributed by atoms with E-state index in [1.807, 2.05) is 0 Å². The van der Waals surface area contributed by atoms with Crippen LogP contribution in [0.2, 0.25) is 0 Å². The van der Waals surface area contributed by atoms with Gasteiger partial charge in [-0.3, -0.25) is 5.41 Å². The number of hydrogen-bond acceptors (Lipinski definition) is 2. The monoisotopic (exact) mass is 290 g/mol. The van der Waals surface area contributed by atoms with Gasteiger partial charge in [-0.05, 0) is 42.5 Å². The van der Waals surface area contributed by atoms with Gasteiger partial charge in [-0.15, -0.1) is 0 Å². The highest BCUT2D eigenvalue weighted by atomic mass is 19.1. The molecule has 0 spiro atoms. The number of rotatable bonds is 3. The van der Waals surface area contributed by atoms with E-state index in [0.29, 0.717) is 5.69 Å². The van der Waals surface area contributed by atoms with Gasteiger partial charge in [0.15, 0.2) is 0 Å². The van der Waals surface area contributed by atoms with Gasteiger partial charge in [0.1, 0.15) is 17.5 Å².